The van der Waals surface area contributed by atoms with Crippen LogP contribution in [-0.4, -0.2) is 42.7 Å². The van der Waals surface area contributed by atoms with E-state index in [1.165, 1.54) is 37.2 Å². The maximum Gasteiger partial charge on any atom is 0.0367 e. The molecule has 0 aromatic heterocycles. The second-order valence-electron chi connectivity index (χ2n) is 6.82. The molecule has 1 aliphatic heterocycles. The van der Waals surface area contributed by atoms with Crippen molar-refractivity contribution in [2.45, 2.75) is 44.7 Å². The van der Waals surface area contributed by atoms with Gasteiger partial charge in [-0.3, -0.25) is 4.90 Å². The largest absolute Gasteiger partial charge is 0.369 e. The molecule has 2 N–H and O–H groups in total. The normalized spacial score (nSPS) is 22.3. The smallest absolute Gasteiger partial charge is 0.0367 e. The molecule has 0 amide bonds. The molecule has 1 saturated heterocycles. The van der Waals surface area contributed by atoms with Crippen molar-refractivity contribution in [2.75, 3.05) is 31.1 Å². The van der Waals surface area contributed by atoms with Gasteiger partial charge in [-0.15, -0.1) is 0 Å². The number of rotatable bonds is 4. The molecule has 1 aromatic rings. The zero-order valence-electron chi connectivity index (χ0n) is 12.8. The van der Waals surface area contributed by atoms with Crippen LogP contribution in [0.2, 0.25) is 0 Å². The van der Waals surface area contributed by atoms with Crippen LogP contribution in [0.4, 0.5) is 5.69 Å². The zero-order chi connectivity index (χ0) is 14.2. The number of nitrogens with zero attached hydrogens (tertiary/aromatic N) is 2. The number of anilines is 1. The third-order valence-electron chi connectivity index (χ3n) is 4.79. The molecule has 0 atom stereocenters. The second-order valence-corrected chi connectivity index (χ2v) is 6.82. The van der Waals surface area contributed by atoms with Gasteiger partial charge in [0.2, 0.25) is 0 Å². The Labute approximate surface area is 122 Å². The minimum Gasteiger partial charge on any atom is -0.369 e. The molecule has 0 bridgehead atoms. The lowest BCUT2D eigenvalue weighted by atomic mass is 10.0. The van der Waals surface area contributed by atoms with Crippen LogP contribution >= 0.6 is 0 Å². The first-order chi connectivity index (χ1) is 9.56. The summed E-state index contributed by atoms with van der Waals surface area (Å²) < 4.78 is 0. The van der Waals surface area contributed by atoms with Crippen molar-refractivity contribution < 1.29 is 0 Å². The molecule has 0 unspecified atom stereocenters. The Morgan fingerprint density at radius 1 is 1.05 bits per heavy atom. The fourth-order valence-corrected chi connectivity index (χ4v) is 3.06. The first kappa shape index (κ1) is 13.9. The highest BCUT2D eigenvalue weighted by Gasteiger charge is 2.37. The monoisotopic (exact) mass is 273 g/mol. The lowest BCUT2D eigenvalue weighted by molar-refractivity contribution is 0.209. The van der Waals surface area contributed by atoms with Crippen molar-refractivity contribution in [1.82, 2.24) is 4.90 Å². The zero-order valence-corrected chi connectivity index (χ0v) is 12.8. The lowest BCUT2D eigenvalue weighted by Crippen LogP contribution is -2.48. The molecule has 2 aliphatic rings. The first-order valence-corrected chi connectivity index (χ1v) is 7.93. The Hall–Kier alpha value is -1.06. The van der Waals surface area contributed by atoms with E-state index >= 15 is 0 Å². The Bertz CT molecular complexity index is 440. The molecule has 1 aliphatic carbocycles. The maximum atomic E-state index is 6.19. The SMILES string of the molecule is CC(C)N1CCN(c2ccc(CC3(N)CC3)cc2)CC1. The first-order valence-electron chi connectivity index (χ1n) is 7.93. The quantitative estimate of drug-likeness (QED) is 0.913. The Morgan fingerprint density at radius 3 is 2.15 bits per heavy atom. The van der Waals surface area contributed by atoms with Crippen LogP contribution in [0, 0.1) is 0 Å². The van der Waals surface area contributed by atoms with Gasteiger partial charge in [0.05, 0.1) is 0 Å². The number of nitrogens with two attached hydrogens (primary N) is 1. The number of benzene rings is 1. The maximum absolute atomic E-state index is 6.19. The fraction of sp³-hybridized carbons (Fsp3) is 0.647. The highest BCUT2D eigenvalue weighted by molar-refractivity contribution is 5.48. The summed E-state index contributed by atoms with van der Waals surface area (Å²) in [6.45, 7) is 9.18. The summed E-state index contributed by atoms with van der Waals surface area (Å²) in [6.07, 6.45) is 3.41. The molecule has 0 radical (unpaired) electrons. The number of hydrogen-bond donors (Lipinski definition) is 1. The van der Waals surface area contributed by atoms with Gasteiger partial charge in [0.25, 0.3) is 0 Å². The van der Waals surface area contributed by atoms with E-state index < -0.39 is 0 Å². The molecule has 2 fully saturated rings. The van der Waals surface area contributed by atoms with Crippen LogP contribution in [0.1, 0.15) is 32.3 Å². The predicted molar refractivity (Wildman–Crippen MR) is 85.2 cm³/mol. The summed E-state index contributed by atoms with van der Waals surface area (Å²) in [6, 6.07) is 9.73. The highest BCUT2D eigenvalue weighted by Crippen LogP contribution is 2.35. The van der Waals surface area contributed by atoms with Gasteiger partial charge in [0, 0.05) is 43.4 Å². The minimum absolute atomic E-state index is 0.115. The molecule has 110 valence electrons. The second kappa shape index (κ2) is 5.38. The van der Waals surface area contributed by atoms with Crippen molar-refractivity contribution in [1.29, 1.82) is 0 Å². The minimum atomic E-state index is 0.115. The van der Waals surface area contributed by atoms with Crippen molar-refractivity contribution >= 4 is 5.69 Å². The van der Waals surface area contributed by atoms with Gasteiger partial charge in [-0.2, -0.15) is 0 Å². The molecule has 20 heavy (non-hydrogen) atoms. The van der Waals surface area contributed by atoms with Crippen molar-refractivity contribution in [3.8, 4) is 0 Å². The van der Waals surface area contributed by atoms with E-state index in [1.807, 2.05) is 0 Å². The van der Waals surface area contributed by atoms with Gasteiger partial charge in [0.1, 0.15) is 0 Å². The van der Waals surface area contributed by atoms with Gasteiger partial charge in [-0.1, -0.05) is 12.1 Å². The van der Waals surface area contributed by atoms with E-state index in [4.69, 9.17) is 5.73 Å². The lowest BCUT2D eigenvalue weighted by Gasteiger charge is -2.38. The number of piperazine rings is 1. The summed E-state index contributed by atoms with van der Waals surface area (Å²) in [7, 11) is 0. The molecule has 0 spiro atoms. The molecular formula is C17H27N3. The van der Waals surface area contributed by atoms with Crippen molar-refractivity contribution in [3.05, 3.63) is 29.8 Å². The van der Waals surface area contributed by atoms with Gasteiger partial charge < -0.3 is 10.6 Å². The average molecular weight is 273 g/mol. The predicted octanol–water partition coefficient (Wildman–Crippen LogP) is 2.25. The highest BCUT2D eigenvalue weighted by atomic mass is 15.3. The van der Waals surface area contributed by atoms with E-state index in [0.29, 0.717) is 6.04 Å². The summed E-state index contributed by atoms with van der Waals surface area (Å²) >= 11 is 0. The van der Waals surface area contributed by atoms with Crippen LogP contribution in [0.25, 0.3) is 0 Å². The van der Waals surface area contributed by atoms with E-state index in [0.717, 1.165) is 19.5 Å². The molecular weight excluding hydrogens is 246 g/mol. The fourth-order valence-electron chi connectivity index (χ4n) is 3.06. The van der Waals surface area contributed by atoms with Gasteiger partial charge in [-0.25, -0.2) is 0 Å². The Morgan fingerprint density at radius 2 is 1.65 bits per heavy atom. The Balaban J connectivity index is 1.58. The van der Waals surface area contributed by atoms with Crippen molar-refractivity contribution in [3.63, 3.8) is 0 Å². The molecule has 3 rings (SSSR count). The molecule has 1 aromatic carbocycles. The van der Waals surface area contributed by atoms with Crippen LogP contribution in [0.15, 0.2) is 24.3 Å². The van der Waals surface area contributed by atoms with E-state index in [9.17, 15) is 0 Å². The molecule has 3 heteroatoms. The summed E-state index contributed by atoms with van der Waals surface area (Å²) in [5.74, 6) is 0. The Kier molecular flexibility index (Phi) is 3.74. The average Bonchev–Trinajstić information content (AvgIpc) is 3.17. The van der Waals surface area contributed by atoms with Crippen LogP contribution in [-0.2, 0) is 6.42 Å². The summed E-state index contributed by atoms with van der Waals surface area (Å²) in [4.78, 5) is 5.05. The third-order valence-corrected chi connectivity index (χ3v) is 4.79. The summed E-state index contributed by atoms with van der Waals surface area (Å²) in [5.41, 5.74) is 9.05. The van der Waals surface area contributed by atoms with Crippen molar-refractivity contribution in [2.24, 2.45) is 5.73 Å². The topological polar surface area (TPSA) is 32.5 Å². The van der Waals surface area contributed by atoms with E-state index in [1.54, 1.807) is 0 Å². The van der Waals surface area contributed by atoms with Crippen LogP contribution in [0.3, 0.4) is 0 Å². The third kappa shape index (κ3) is 3.15. The summed E-state index contributed by atoms with van der Waals surface area (Å²) in [5, 5.41) is 0. The molecule has 1 saturated carbocycles. The number of hydrogen-bond acceptors (Lipinski definition) is 3. The van der Waals surface area contributed by atoms with Gasteiger partial charge in [0.15, 0.2) is 0 Å². The van der Waals surface area contributed by atoms with Crippen LogP contribution in [0.5, 0.6) is 0 Å². The molecule has 1 heterocycles. The van der Waals surface area contributed by atoms with Gasteiger partial charge >= 0.3 is 0 Å². The van der Waals surface area contributed by atoms with E-state index in [-0.39, 0.29) is 5.54 Å². The standard InChI is InChI=1S/C17H27N3/c1-14(2)19-9-11-20(12-10-19)16-5-3-15(4-6-16)13-17(18)7-8-17/h3-6,14H,7-13,18H2,1-2H3. The molecule has 3 nitrogen and oxygen atoms in total. The van der Waals surface area contributed by atoms with Crippen LogP contribution < -0.4 is 10.6 Å². The van der Waals surface area contributed by atoms with Gasteiger partial charge in [-0.05, 0) is 50.8 Å². The van der Waals surface area contributed by atoms with E-state index in [2.05, 4.69) is 47.9 Å².